The lowest BCUT2D eigenvalue weighted by atomic mass is 10.1. The molecule has 0 aromatic carbocycles. The minimum atomic E-state index is -0.970. The zero-order valence-electron chi connectivity index (χ0n) is 5.30. The van der Waals surface area contributed by atoms with Crippen LogP contribution in [0.15, 0.2) is 0 Å². The predicted octanol–water partition coefficient (Wildman–Crippen LogP) is 1.55. The second-order valence-electron chi connectivity index (χ2n) is 2.31. The molecule has 0 aromatic heterocycles. The molecular formula is C5H4I2O4. The maximum absolute atomic E-state index is 11.0. The molecule has 0 amide bonds. The van der Waals surface area contributed by atoms with Gasteiger partial charge in [0, 0.05) is 0 Å². The molecule has 0 bridgehead atoms. The van der Waals surface area contributed by atoms with Crippen LogP contribution in [0.25, 0.3) is 0 Å². The van der Waals surface area contributed by atoms with Gasteiger partial charge in [-0.25, -0.2) is 0 Å². The van der Waals surface area contributed by atoms with Crippen LogP contribution in [0.1, 0.15) is 12.8 Å². The lowest BCUT2D eigenvalue weighted by molar-refractivity contribution is -0.149. The molecule has 0 atom stereocenters. The van der Waals surface area contributed by atoms with Gasteiger partial charge in [-0.3, -0.25) is 9.59 Å². The Bertz CT molecular complexity index is 181. The molecule has 11 heavy (non-hydrogen) atoms. The summed E-state index contributed by atoms with van der Waals surface area (Å²) in [6.07, 6.45) is 1.08. The van der Waals surface area contributed by atoms with Gasteiger partial charge in [-0.15, -0.1) is 0 Å². The van der Waals surface area contributed by atoms with E-state index in [0.717, 1.165) is 0 Å². The highest BCUT2D eigenvalue weighted by molar-refractivity contribution is 14.1. The van der Waals surface area contributed by atoms with E-state index in [4.69, 9.17) is 0 Å². The first-order valence-electron chi connectivity index (χ1n) is 2.83. The lowest BCUT2D eigenvalue weighted by Gasteiger charge is -2.05. The Hall–Kier alpha value is 0.400. The Labute approximate surface area is 91.4 Å². The summed E-state index contributed by atoms with van der Waals surface area (Å²) >= 11 is 2.94. The van der Waals surface area contributed by atoms with E-state index >= 15 is 0 Å². The van der Waals surface area contributed by atoms with E-state index in [2.05, 4.69) is 6.13 Å². The minimum absolute atomic E-state index is 0.500. The second-order valence-corrected chi connectivity index (χ2v) is 3.19. The van der Waals surface area contributed by atoms with Crippen molar-refractivity contribution in [2.75, 3.05) is 0 Å². The quantitative estimate of drug-likeness (QED) is 0.538. The number of hydrogen-bond donors (Lipinski definition) is 0. The van der Waals surface area contributed by atoms with Crippen molar-refractivity contribution in [3.8, 4) is 0 Å². The van der Waals surface area contributed by atoms with E-state index in [1.54, 1.807) is 0 Å². The monoisotopic (exact) mass is 382 g/mol. The van der Waals surface area contributed by atoms with Crippen molar-refractivity contribution in [3.05, 3.63) is 0 Å². The van der Waals surface area contributed by atoms with Gasteiger partial charge in [0.05, 0.1) is 0 Å². The molecule has 1 saturated carbocycles. The third-order valence-corrected chi connectivity index (χ3v) is 2.47. The number of carbonyl (C=O) groups is 2. The number of halogens is 2. The van der Waals surface area contributed by atoms with Crippen molar-refractivity contribution in [1.29, 1.82) is 0 Å². The summed E-state index contributed by atoms with van der Waals surface area (Å²) in [7, 11) is 0. The molecule has 1 aliphatic rings. The highest BCUT2D eigenvalue weighted by Crippen LogP contribution is 2.48. The summed E-state index contributed by atoms with van der Waals surface area (Å²) in [5.74, 6) is -1.00. The molecule has 0 N–H and O–H groups in total. The summed E-state index contributed by atoms with van der Waals surface area (Å²) in [6.45, 7) is 0. The summed E-state index contributed by atoms with van der Waals surface area (Å²) < 4.78 is 8.85. The van der Waals surface area contributed by atoms with E-state index < -0.39 is 17.4 Å². The molecule has 0 radical (unpaired) electrons. The van der Waals surface area contributed by atoms with Gasteiger partial charge in [0.25, 0.3) is 0 Å². The van der Waals surface area contributed by atoms with Crippen LogP contribution in [0.2, 0.25) is 0 Å². The van der Waals surface area contributed by atoms with Crippen LogP contribution < -0.4 is 0 Å². The van der Waals surface area contributed by atoms with Gasteiger partial charge in [-0.05, 0) is 12.8 Å². The zero-order chi connectivity index (χ0) is 8.48. The number of carbonyl (C=O) groups excluding carboxylic acids is 2. The van der Waals surface area contributed by atoms with Crippen molar-refractivity contribution in [3.63, 3.8) is 0 Å². The van der Waals surface area contributed by atoms with Crippen LogP contribution >= 0.6 is 46.0 Å². The fraction of sp³-hybridized carbons (Fsp3) is 0.600. The summed E-state index contributed by atoms with van der Waals surface area (Å²) in [6, 6.07) is 0. The van der Waals surface area contributed by atoms with Gasteiger partial charge in [0.2, 0.25) is 0 Å². The first-order valence-corrected chi connectivity index (χ1v) is 4.59. The SMILES string of the molecule is O=C(OI)C1(C(=O)OI)CC1. The van der Waals surface area contributed by atoms with Gasteiger partial charge >= 0.3 is 11.9 Å². The van der Waals surface area contributed by atoms with Gasteiger partial charge < -0.3 is 6.13 Å². The third-order valence-electron chi connectivity index (χ3n) is 1.67. The van der Waals surface area contributed by atoms with Crippen LogP contribution in [0.3, 0.4) is 0 Å². The second kappa shape index (κ2) is 3.42. The lowest BCUT2D eigenvalue weighted by Crippen LogP contribution is -2.25. The molecule has 1 aliphatic carbocycles. The zero-order valence-corrected chi connectivity index (χ0v) is 9.62. The Morgan fingerprint density at radius 3 is 1.64 bits per heavy atom. The molecule has 0 saturated heterocycles. The molecule has 4 nitrogen and oxygen atoms in total. The van der Waals surface area contributed by atoms with Crippen molar-refractivity contribution in [1.82, 2.24) is 0 Å². The molecule has 62 valence electrons. The fourth-order valence-electron chi connectivity index (χ4n) is 0.764. The van der Waals surface area contributed by atoms with Crippen LogP contribution in [0.4, 0.5) is 0 Å². The van der Waals surface area contributed by atoms with Gasteiger partial charge in [-0.1, -0.05) is 0 Å². The molecule has 6 heteroatoms. The van der Waals surface area contributed by atoms with E-state index in [1.165, 1.54) is 46.0 Å². The maximum atomic E-state index is 11.0. The molecule has 0 unspecified atom stereocenters. The topological polar surface area (TPSA) is 52.6 Å². The Morgan fingerprint density at radius 1 is 1.09 bits per heavy atom. The van der Waals surface area contributed by atoms with E-state index in [9.17, 15) is 9.59 Å². The van der Waals surface area contributed by atoms with Crippen LogP contribution in [0, 0.1) is 5.41 Å². The summed E-state index contributed by atoms with van der Waals surface area (Å²) in [4.78, 5) is 21.9. The maximum Gasteiger partial charge on any atom is 0.332 e. The fourth-order valence-corrected chi connectivity index (χ4v) is 1.61. The normalized spacial score (nSPS) is 18.7. The summed E-state index contributed by atoms with van der Waals surface area (Å²) in [5, 5.41) is 0. The van der Waals surface area contributed by atoms with Crippen LogP contribution in [-0.4, -0.2) is 11.9 Å². The average molecular weight is 382 g/mol. The Morgan fingerprint density at radius 2 is 1.45 bits per heavy atom. The third kappa shape index (κ3) is 1.60. The number of hydrogen-bond acceptors (Lipinski definition) is 4. The molecule has 1 rings (SSSR count). The standard InChI is InChI=1S/C5H4I2O4/c6-10-3(8)5(1-2-5)4(9)11-7/h1-2H2. The minimum Gasteiger partial charge on any atom is -0.394 e. The Balaban J connectivity index is 2.67. The first-order chi connectivity index (χ1) is 5.17. The molecular weight excluding hydrogens is 378 g/mol. The van der Waals surface area contributed by atoms with Crippen molar-refractivity contribution in [2.45, 2.75) is 12.8 Å². The predicted molar refractivity (Wildman–Crippen MR) is 51.9 cm³/mol. The molecule has 0 heterocycles. The molecule has 0 spiro atoms. The smallest absolute Gasteiger partial charge is 0.332 e. The number of rotatable bonds is 2. The summed E-state index contributed by atoms with van der Waals surface area (Å²) in [5.41, 5.74) is -0.970. The van der Waals surface area contributed by atoms with Crippen LogP contribution in [-0.2, 0) is 15.7 Å². The van der Waals surface area contributed by atoms with Crippen LogP contribution in [0.5, 0.6) is 0 Å². The van der Waals surface area contributed by atoms with Gasteiger partial charge in [0.1, 0.15) is 0 Å². The Kier molecular flexibility index (Phi) is 2.95. The molecule has 0 aliphatic heterocycles. The molecule has 0 aromatic rings. The van der Waals surface area contributed by atoms with Gasteiger partial charge in [0.15, 0.2) is 51.4 Å². The van der Waals surface area contributed by atoms with Gasteiger partial charge in [-0.2, -0.15) is 0 Å². The first kappa shape index (κ1) is 9.49. The van der Waals surface area contributed by atoms with E-state index in [-0.39, 0.29) is 0 Å². The highest BCUT2D eigenvalue weighted by atomic mass is 127. The van der Waals surface area contributed by atoms with Crippen molar-refractivity contribution >= 4 is 58.0 Å². The largest absolute Gasteiger partial charge is 0.394 e. The van der Waals surface area contributed by atoms with Crippen molar-refractivity contribution in [2.24, 2.45) is 5.41 Å². The highest BCUT2D eigenvalue weighted by Gasteiger charge is 2.59. The molecule has 1 fully saturated rings. The van der Waals surface area contributed by atoms with E-state index in [0.29, 0.717) is 12.8 Å². The van der Waals surface area contributed by atoms with Crippen molar-refractivity contribution < 1.29 is 15.7 Å². The van der Waals surface area contributed by atoms with E-state index in [1.807, 2.05) is 0 Å². The average Bonchev–Trinajstić information content (AvgIpc) is 2.82.